The Hall–Kier alpha value is -2.11. The van der Waals surface area contributed by atoms with Crippen LogP contribution in [0.3, 0.4) is 0 Å². The van der Waals surface area contributed by atoms with E-state index in [1.165, 1.54) is 31.4 Å². The summed E-state index contributed by atoms with van der Waals surface area (Å²) in [5.41, 5.74) is 3.17. The Bertz CT molecular complexity index is 751. The molecule has 2 aliphatic heterocycles. The predicted molar refractivity (Wildman–Crippen MR) is 114 cm³/mol. The summed E-state index contributed by atoms with van der Waals surface area (Å²) in [7, 11) is 0. The predicted octanol–water partition coefficient (Wildman–Crippen LogP) is 3.30. The van der Waals surface area contributed by atoms with Gasteiger partial charge in [-0.05, 0) is 50.7 Å². The average Bonchev–Trinajstić information content (AvgIpc) is 3.39. The van der Waals surface area contributed by atoms with E-state index in [4.69, 9.17) is 4.98 Å². The number of aryl methyl sites for hydroxylation is 1. The van der Waals surface area contributed by atoms with Crippen LogP contribution < -0.4 is 4.90 Å². The van der Waals surface area contributed by atoms with E-state index < -0.39 is 0 Å². The molecule has 3 aliphatic rings. The van der Waals surface area contributed by atoms with Crippen molar-refractivity contribution in [3.63, 3.8) is 0 Å². The Morgan fingerprint density at radius 3 is 2.41 bits per heavy atom. The second kappa shape index (κ2) is 8.72. The number of anilines is 1. The molecule has 2 saturated heterocycles. The summed E-state index contributed by atoms with van der Waals surface area (Å²) in [6, 6.07) is 4.39. The molecule has 0 aromatic carbocycles. The maximum absolute atomic E-state index is 12.6. The van der Waals surface area contributed by atoms with Gasteiger partial charge in [0.25, 0.3) is 0 Å². The molecular weight excluding hydrogens is 364 g/mol. The van der Waals surface area contributed by atoms with E-state index in [9.17, 15) is 9.59 Å². The van der Waals surface area contributed by atoms with Crippen LogP contribution in [-0.2, 0) is 9.59 Å². The molecule has 0 unspecified atom stereocenters. The molecule has 1 aliphatic carbocycles. The maximum atomic E-state index is 12.6. The summed E-state index contributed by atoms with van der Waals surface area (Å²) in [6.45, 7) is 7.82. The van der Waals surface area contributed by atoms with Crippen LogP contribution in [0.25, 0.3) is 0 Å². The van der Waals surface area contributed by atoms with E-state index in [1.807, 2.05) is 11.8 Å². The monoisotopic (exact) mass is 398 g/mol. The number of rotatable bonds is 4. The van der Waals surface area contributed by atoms with Gasteiger partial charge in [0.05, 0.1) is 11.7 Å². The number of aromatic nitrogens is 1. The Morgan fingerprint density at radius 2 is 1.72 bits per heavy atom. The molecule has 2 amide bonds. The van der Waals surface area contributed by atoms with Crippen molar-refractivity contribution in [3.05, 3.63) is 23.5 Å². The Kier molecular flexibility index (Phi) is 6.07. The van der Waals surface area contributed by atoms with E-state index in [-0.39, 0.29) is 11.9 Å². The minimum Gasteiger partial charge on any atom is -0.368 e. The molecule has 1 aromatic rings. The molecule has 1 saturated carbocycles. The van der Waals surface area contributed by atoms with E-state index >= 15 is 0 Å². The number of pyridine rings is 1. The summed E-state index contributed by atoms with van der Waals surface area (Å²) in [4.78, 5) is 35.7. The van der Waals surface area contributed by atoms with Crippen molar-refractivity contribution in [2.75, 3.05) is 37.6 Å². The summed E-state index contributed by atoms with van der Waals surface area (Å²) in [6.07, 6.45) is 7.79. The van der Waals surface area contributed by atoms with Gasteiger partial charge in [0.1, 0.15) is 0 Å². The van der Waals surface area contributed by atoms with Gasteiger partial charge in [-0.15, -0.1) is 0 Å². The second-order valence-electron chi connectivity index (χ2n) is 8.98. The molecule has 1 aromatic heterocycles. The van der Waals surface area contributed by atoms with Crippen LogP contribution in [0.1, 0.15) is 69.3 Å². The number of carbonyl (C=O) groups excluding carboxylic acids is 2. The fourth-order valence-electron chi connectivity index (χ4n) is 5.28. The third-order valence-corrected chi connectivity index (χ3v) is 6.89. The molecule has 0 N–H and O–H groups in total. The average molecular weight is 399 g/mol. The van der Waals surface area contributed by atoms with Crippen LogP contribution in [0.15, 0.2) is 12.1 Å². The van der Waals surface area contributed by atoms with Crippen molar-refractivity contribution in [3.8, 4) is 0 Å². The van der Waals surface area contributed by atoms with E-state index in [0.717, 1.165) is 63.4 Å². The zero-order valence-electron chi connectivity index (χ0n) is 17.9. The maximum Gasteiger partial charge on any atom is 0.222 e. The van der Waals surface area contributed by atoms with Crippen LogP contribution in [0, 0.1) is 12.8 Å². The van der Waals surface area contributed by atoms with Crippen LogP contribution in [-0.4, -0.2) is 59.3 Å². The zero-order valence-corrected chi connectivity index (χ0v) is 17.9. The molecule has 158 valence electrons. The zero-order chi connectivity index (χ0) is 20.4. The number of hydrogen-bond donors (Lipinski definition) is 0. The number of hydrogen-bond acceptors (Lipinski definition) is 4. The topological polar surface area (TPSA) is 56.8 Å². The van der Waals surface area contributed by atoms with Gasteiger partial charge in [0, 0.05) is 57.4 Å². The lowest BCUT2D eigenvalue weighted by Gasteiger charge is -2.37. The number of carbonyl (C=O) groups is 2. The highest BCUT2D eigenvalue weighted by Gasteiger charge is 2.30. The van der Waals surface area contributed by atoms with Gasteiger partial charge in [-0.3, -0.25) is 14.6 Å². The van der Waals surface area contributed by atoms with Gasteiger partial charge < -0.3 is 14.7 Å². The minimum absolute atomic E-state index is 0.0976. The summed E-state index contributed by atoms with van der Waals surface area (Å²) >= 11 is 0. The highest BCUT2D eigenvalue weighted by atomic mass is 16.2. The fraction of sp³-hybridized carbons (Fsp3) is 0.696. The standard InChI is InChI=1S/C23H34N4O2/c1-17-14-20(16-21(24-17)22-8-5-9-27(22)18(2)28)25-10-12-26(13-11-25)23(29)15-19-6-3-4-7-19/h14,16,19,22H,3-13,15H2,1-2H3/t22-/m1/s1. The molecule has 6 heteroatoms. The Labute approximate surface area is 174 Å². The summed E-state index contributed by atoms with van der Waals surface area (Å²) in [5.74, 6) is 1.08. The lowest BCUT2D eigenvalue weighted by molar-refractivity contribution is -0.132. The Morgan fingerprint density at radius 1 is 1.00 bits per heavy atom. The highest BCUT2D eigenvalue weighted by Crippen LogP contribution is 2.33. The first-order valence-corrected chi connectivity index (χ1v) is 11.3. The first-order chi connectivity index (χ1) is 14.0. The van der Waals surface area contributed by atoms with Gasteiger partial charge >= 0.3 is 0 Å². The van der Waals surface area contributed by atoms with Crippen molar-refractivity contribution in [1.82, 2.24) is 14.8 Å². The molecule has 0 spiro atoms. The van der Waals surface area contributed by atoms with Crippen molar-refractivity contribution in [1.29, 1.82) is 0 Å². The molecule has 1 atom stereocenters. The van der Waals surface area contributed by atoms with Gasteiger partial charge in [0.15, 0.2) is 0 Å². The Balaban J connectivity index is 1.40. The van der Waals surface area contributed by atoms with Gasteiger partial charge in [0.2, 0.25) is 11.8 Å². The van der Waals surface area contributed by atoms with Gasteiger partial charge in [-0.2, -0.15) is 0 Å². The van der Waals surface area contributed by atoms with Crippen LogP contribution >= 0.6 is 0 Å². The van der Waals surface area contributed by atoms with Crippen LogP contribution in [0.5, 0.6) is 0 Å². The minimum atomic E-state index is 0.0976. The second-order valence-corrected chi connectivity index (χ2v) is 8.98. The largest absolute Gasteiger partial charge is 0.368 e. The first-order valence-electron chi connectivity index (χ1n) is 11.3. The molecule has 3 fully saturated rings. The lowest BCUT2D eigenvalue weighted by atomic mass is 10.0. The van der Waals surface area contributed by atoms with E-state index in [0.29, 0.717) is 11.8 Å². The van der Waals surface area contributed by atoms with E-state index in [1.54, 1.807) is 6.92 Å². The van der Waals surface area contributed by atoms with Crippen molar-refractivity contribution < 1.29 is 9.59 Å². The van der Waals surface area contributed by atoms with Crippen LogP contribution in [0.4, 0.5) is 5.69 Å². The molecule has 29 heavy (non-hydrogen) atoms. The molecule has 4 rings (SSSR count). The van der Waals surface area contributed by atoms with Crippen molar-refractivity contribution in [2.24, 2.45) is 5.92 Å². The summed E-state index contributed by atoms with van der Waals surface area (Å²) in [5, 5.41) is 0. The smallest absolute Gasteiger partial charge is 0.222 e. The van der Waals surface area contributed by atoms with Gasteiger partial charge in [-0.25, -0.2) is 0 Å². The molecular formula is C23H34N4O2. The summed E-state index contributed by atoms with van der Waals surface area (Å²) < 4.78 is 0. The number of amides is 2. The quantitative estimate of drug-likeness (QED) is 0.781. The molecule has 0 radical (unpaired) electrons. The number of likely N-dealkylation sites (tertiary alicyclic amines) is 1. The molecule has 3 heterocycles. The number of nitrogens with zero attached hydrogens (tertiary/aromatic N) is 4. The first kappa shape index (κ1) is 20.2. The van der Waals surface area contributed by atoms with E-state index in [2.05, 4.69) is 21.9 Å². The fourth-order valence-corrected chi connectivity index (χ4v) is 5.28. The third kappa shape index (κ3) is 4.57. The van der Waals surface area contributed by atoms with Crippen LogP contribution in [0.2, 0.25) is 0 Å². The highest BCUT2D eigenvalue weighted by molar-refractivity contribution is 5.77. The molecule has 6 nitrogen and oxygen atoms in total. The van der Waals surface area contributed by atoms with Gasteiger partial charge in [-0.1, -0.05) is 12.8 Å². The number of piperazine rings is 1. The lowest BCUT2D eigenvalue weighted by Crippen LogP contribution is -2.49. The SMILES string of the molecule is CC(=O)N1CCC[C@@H]1c1cc(N2CCN(C(=O)CC3CCCC3)CC2)cc(C)n1. The van der Waals surface area contributed by atoms with Crippen molar-refractivity contribution in [2.45, 2.75) is 64.8 Å². The normalized spacial score (nSPS) is 23.1. The van der Waals surface area contributed by atoms with Crippen molar-refractivity contribution >= 4 is 17.5 Å². The third-order valence-electron chi connectivity index (χ3n) is 6.89. The molecule has 0 bridgehead atoms.